The minimum absolute atomic E-state index is 0.114. The van der Waals surface area contributed by atoms with Crippen molar-refractivity contribution in [2.24, 2.45) is 0 Å². The fraction of sp³-hybridized carbons (Fsp3) is 0.227. The van der Waals surface area contributed by atoms with Crippen LogP contribution in [0.3, 0.4) is 0 Å². The summed E-state index contributed by atoms with van der Waals surface area (Å²) in [6.45, 7) is 2.13. The molecule has 0 fully saturated rings. The van der Waals surface area contributed by atoms with E-state index in [-0.39, 0.29) is 32.8 Å². The Morgan fingerprint density at radius 1 is 1.13 bits per heavy atom. The van der Waals surface area contributed by atoms with E-state index in [0.29, 0.717) is 20.5 Å². The Kier molecular flexibility index (Phi) is 5.79. The third-order valence-corrected chi connectivity index (χ3v) is 10.4. The molecule has 2 aromatic carbocycles. The van der Waals surface area contributed by atoms with E-state index in [2.05, 4.69) is 11.9 Å². The van der Waals surface area contributed by atoms with Crippen molar-refractivity contribution < 1.29 is 13.5 Å². The molecule has 8 heteroatoms. The Morgan fingerprint density at radius 2 is 1.87 bits per heavy atom. The van der Waals surface area contributed by atoms with Crippen LogP contribution in [-0.4, -0.2) is 46.3 Å². The van der Waals surface area contributed by atoms with Gasteiger partial charge in [-0.3, -0.25) is 0 Å². The van der Waals surface area contributed by atoms with E-state index < -0.39 is 9.84 Å². The van der Waals surface area contributed by atoms with Gasteiger partial charge in [0.05, 0.1) is 0 Å². The number of aromatic amines is 1. The molecule has 0 aliphatic carbocycles. The molecule has 30 heavy (non-hydrogen) atoms. The van der Waals surface area contributed by atoms with Crippen LogP contribution in [0.25, 0.3) is 32.1 Å². The molecule has 0 saturated carbocycles. The van der Waals surface area contributed by atoms with Gasteiger partial charge < -0.3 is 0 Å². The molecule has 0 bridgehead atoms. The van der Waals surface area contributed by atoms with Crippen LogP contribution < -0.4 is 5.56 Å². The van der Waals surface area contributed by atoms with E-state index in [1.165, 1.54) is 23.2 Å². The van der Waals surface area contributed by atoms with Crippen LogP contribution in [0.2, 0.25) is 5.21 Å². The summed E-state index contributed by atoms with van der Waals surface area (Å²) in [4.78, 5) is 15.2. The molecule has 0 aliphatic rings. The Morgan fingerprint density at radius 3 is 2.57 bits per heavy atom. The first-order chi connectivity index (χ1) is 14.2. The normalized spacial score (nSPS) is 13.5. The molecule has 0 spiro atoms. The summed E-state index contributed by atoms with van der Waals surface area (Å²) >= 11 is 1.28. The zero-order valence-corrected chi connectivity index (χ0v) is 20.1. The molecular formula is C22H21AsNO4S2. The first-order valence-corrected chi connectivity index (χ1v) is 14.8. The first-order valence-electron chi connectivity index (χ1n) is 9.44. The number of phenols is 1. The zero-order valence-electron chi connectivity index (χ0n) is 16.5. The second-order valence-corrected chi connectivity index (χ2v) is 13.8. The predicted octanol–water partition coefficient (Wildman–Crippen LogP) is 4.34. The van der Waals surface area contributed by atoms with E-state index in [4.69, 9.17) is 0 Å². The van der Waals surface area contributed by atoms with E-state index in [1.807, 2.05) is 35.7 Å². The topological polar surface area (TPSA) is 87.2 Å². The zero-order chi connectivity index (χ0) is 21.5. The third kappa shape index (κ3) is 4.20. The van der Waals surface area contributed by atoms with Crippen LogP contribution >= 0.6 is 11.3 Å². The van der Waals surface area contributed by atoms with E-state index >= 15 is 0 Å². The predicted molar refractivity (Wildman–Crippen MR) is 126 cm³/mol. The maximum absolute atomic E-state index is 12.3. The van der Waals surface area contributed by atoms with Gasteiger partial charge in [0.25, 0.3) is 0 Å². The number of H-pyrrole nitrogens is 1. The van der Waals surface area contributed by atoms with Gasteiger partial charge in [0.1, 0.15) is 0 Å². The van der Waals surface area contributed by atoms with E-state index in [9.17, 15) is 18.3 Å². The number of nitrogens with one attached hydrogen (secondary N) is 1. The van der Waals surface area contributed by atoms with Crippen LogP contribution in [0.5, 0.6) is 5.75 Å². The molecule has 0 saturated heterocycles. The van der Waals surface area contributed by atoms with Gasteiger partial charge in [-0.15, -0.1) is 0 Å². The van der Waals surface area contributed by atoms with Crippen molar-refractivity contribution >= 4 is 57.9 Å². The number of aromatic nitrogens is 1. The monoisotopic (exact) mass is 502 g/mol. The first kappa shape index (κ1) is 21.2. The van der Waals surface area contributed by atoms with Gasteiger partial charge in [0.15, 0.2) is 0 Å². The molecule has 2 N–H and O–H groups in total. The fourth-order valence-electron chi connectivity index (χ4n) is 3.57. The number of thiophene rings is 1. The average molecular weight is 502 g/mol. The van der Waals surface area contributed by atoms with Crippen molar-refractivity contribution in [3.63, 3.8) is 0 Å². The van der Waals surface area contributed by atoms with E-state index in [1.54, 1.807) is 12.1 Å². The molecule has 0 amide bonds. The van der Waals surface area contributed by atoms with Crippen LogP contribution in [-0.2, 0) is 9.84 Å². The van der Waals surface area contributed by atoms with Gasteiger partial charge in [-0.25, -0.2) is 0 Å². The van der Waals surface area contributed by atoms with Gasteiger partial charge in [-0.2, -0.15) is 0 Å². The van der Waals surface area contributed by atoms with Gasteiger partial charge in [-0.1, -0.05) is 0 Å². The molecule has 1 atom stereocenters. The number of aromatic hydroxyl groups is 1. The number of pyridine rings is 1. The molecule has 1 unspecified atom stereocenters. The second-order valence-electron chi connectivity index (χ2n) is 7.33. The Bertz CT molecular complexity index is 1390. The molecule has 4 aromatic rings. The molecule has 1 radical (unpaired) electrons. The number of rotatable bonds is 6. The number of fused-ring (bicyclic) bond motifs is 3. The fourth-order valence-corrected chi connectivity index (χ4v) is 9.17. The summed E-state index contributed by atoms with van der Waals surface area (Å²) in [5.41, 5.74) is 3.33. The quantitative estimate of drug-likeness (QED) is 0.384. The van der Waals surface area contributed by atoms with Crippen molar-refractivity contribution in [3.05, 3.63) is 63.8 Å². The summed E-state index contributed by atoms with van der Waals surface area (Å²) in [6, 6.07) is 13.3. The van der Waals surface area contributed by atoms with Gasteiger partial charge >= 0.3 is 186 Å². The van der Waals surface area contributed by atoms with Crippen molar-refractivity contribution in [1.82, 2.24) is 4.98 Å². The molecule has 4 rings (SSSR count). The van der Waals surface area contributed by atoms with Gasteiger partial charge in [0.2, 0.25) is 0 Å². The van der Waals surface area contributed by atoms with Crippen molar-refractivity contribution in [2.45, 2.75) is 16.8 Å². The summed E-state index contributed by atoms with van der Waals surface area (Å²) < 4.78 is 23.7. The summed E-state index contributed by atoms with van der Waals surface area (Å²) in [5.74, 6) is 0.413. The number of hydrogen-bond acceptors (Lipinski definition) is 5. The third-order valence-electron chi connectivity index (χ3n) is 5.12. The van der Waals surface area contributed by atoms with Crippen molar-refractivity contribution in [3.8, 4) is 16.9 Å². The SMILES string of the molecule is CC([As]CCS(C)(=O)=O)c1ccc(-c2c(O)ccc3[nH]c(=O)c4sccc4c23)cc1. The number of sulfone groups is 1. The standard InChI is InChI=1S/C22H21AsNO4S2/c1-13(23-10-12-30(2,27)28)14-3-5-15(6-4-14)19-18(25)8-7-17-20(19)16-9-11-29-21(16)22(26)24-17/h3-9,11,13,25H,10,12H2,1-2H3,(H,24,26). The minimum atomic E-state index is -2.92. The summed E-state index contributed by atoms with van der Waals surface area (Å²) in [5, 5.41) is 15.0. The van der Waals surface area contributed by atoms with Crippen LogP contribution in [0, 0.1) is 0 Å². The Labute approximate surface area is 185 Å². The van der Waals surface area contributed by atoms with Crippen molar-refractivity contribution in [1.29, 1.82) is 0 Å². The van der Waals surface area contributed by atoms with Crippen LogP contribution in [0.15, 0.2) is 52.6 Å². The van der Waals surface area contributed by atoms with Crippen LogP contribution in [0.4, 0.5) is 0 Å². The number of phenolic OH excluding ortho intramolecular Hbond substituents is 1. The summed E-state index contributed by atoms with van der Waals surface area (Å²) in [7, 11) is -2.92. The molecule has 2 aromatic heterocycles. The number of hydrogen-bond donors (Lipinski definition) is 2. The number of benzene rings is 2. The van der Waals surface area contributed by atoms with E-state index in [0.717, 1.165) is 21.5 Å². The van der Waals surface area contributed by atoms with Gasteiger partial charge in [-0.05, 0) is 0 Å². The molecule has 0 aliphatic heterocycles. The molecular weight excluding hydrogens is 481 g/mol. The van der Waals surface area contributed by atoms with Crippen LogP contribution in [0.1, 0.15) is 17.2 Å². The summed E-state index contributed by atoms with van der Waals surface area (Å²) in [6.07, 6.45) is 1.28. The molecule has 5 nitrogen and oxygen atoms in total. The Hall–Kier alpha value is -2.08. The molecule has 155 valence electrons. The second kappa shape index (κ2) is 8.21. The molecule has 2 heterocycles. The average Bonchev–Trinajstić information content (AvgIpc) is 3.18. The Balaban J connectivity index is 1.72. The van der Waals surface area contributed by atoms with Gasteiger partial charge in [0, 0.05) is 0 Å². The maximum atomic E-state index is 12.3. The van der Waals surface area contributed by atoms with Crippen molar-refractivity contribution in [2.75, 3.05) is 12.0 Å².